The Labute approximate surface area is 103 Å². The summed E-state index contributed by atoms with van der Waals surface area (Å²) in [7, 11) is 0. The molecule has 0 aromatic carbocycles. The average Bonchev–Trinajstić information content (AvgIpc) is 2.39. The maximum absolute atomic E-state index is 5.58. The van der Waals surface area contributed by atoms with Gasteiger partial charge < -0.3 is 10.6 Å². The van der Waals surface area contributed by atoms with Crippen molar-refractivity contribution in [3.05, 3.63) is 46.3 Å². The molecule has 2 heterocycles. The predicted octanol–water partition coefficient (Wildman–Crippen LogP) is 2.18. The van der Waals surface area contributed by atoms with Crippen molar-refractivity contribution in [2.24, 2.45) is 9.98 Å². The second kappa shape index (κ2) is 5.01. The Morgan fingerprint density at radius 1 is 0.875 bits per heavy atom. The van der Waals surface area contributed by atoms with E-state index in [1.54, 1.807) is 12.4 Å². The van der Waals surface area contributed by atoms with E-state index in [1.807, 2.05) is 12.2 Å². The lowest BCUT2D eigenvalue weighted by Gasteiger charge is -2.19. The van der Waals surface area contributed by atoms with Crippen molar-refractivity contribution < 1.29 is 0 Å². The van der Waals surface area contributed by atoms with Gasteiger partial charge in [0, 0.05) is 23.5 Å². The molecule has 0 aromatic rings. The molecule has 0 atom stereocenters. The molecule has 0 amide bonds. The molecule has 4 nitrogen and oxygen atoms in total. The van der Waals surface area contributed by atoms with E-state index >= 15 is 0 Å². The van der Waals surface area contributed by atoms with E-state index in [0.29, 0.717) is 11.6 Å². The van der Waals surface area contributed by atoms with Crippen LogP contribution in [0.3, 0.4) is 0 Å². The van der Waals surface area contributed by atoms with Crippen LogP contribution in [0.4, 0.5) is 0 Å². The molecule has 0 unspecified atom stereocenters. The molecule has 0 aliphatic carbocycles. The highest BCUT2D eigenvalue weighted by Gasteiger charge is 2.11. The van der Waals surface area contributed by atoms with E-state index in [9.17, 15) is 0 Å². The lowest BCUT2D eigenvalue weighted by Crippen LogP contribution is -2.25. The van der Waals surface area contributed by atoms with Crippen LogP contribution < -0.4 is 10.6 Å². The number of nitrogens with one attached hydrogen (secondary N) is 2. The van der Waals surface area contributed by atoms with Crippen LogP contribution in [0.2, 0.25) is 0 Å². The zero-order valence-electron chi connectivity index (χ0n) is 8.11. The fraction of sp³-hybridized carbons (Fsp3) is 0. The van der Waals surface area contributed by atoms with Gasteiger partial charge in [0.05, 0.1) is 11.4 Å². The smallest absolute Gasteiger partial charge is 0.141 e. The average molecular weight is 255 g/mol. The minimum absolute atomic E-state index is 0.584. The first-order valence-corrected chi connectivity index (χ1v) is 5.34. The summed E-state index contributed by atoms with van der Waals surface area (Å²) in [6.45, 7) is 0. The maximum atomic E-state index is 5.58. The third-order valence-electron chi connectivity index (χ3n) is 1.93. The molecule has 2 aliphatic heterocycles. The Hall–Kier alpha value is -1.52. The Morgan fingerprint density at radius 3 is 1.69 bits per heavy atom. The van der Waals surface area contributed by atoms with E-state index in [4.69, 9.17) is 23.2 Å². The highest BCUT2D eigenvalue weighted by molar-refractivity contribution is 6.26. The molecule has 0 bridgehead atoms. The number of hydrogen-bond acceptors (Lipinski definition) is 4. The van der Waals surface area contributed by atoms with Gasteiger partial charge in [-0.25, -0.2) is 9.98 Å². The van der Waals surface area contributed by atoms with Gasteiger partial charge in [-0.1, -0.05) is 23.2 Å². The molecule has 0 saturated carbocycles. The molecule has 0 radical (unpaired) electrons. The number of aliphatic imine (C=N–C) groups is 2. The van der Waals surface area contributed by atoms with Gasteiger partial charge in [0.2, 0.25) is 0 Å². The summed E-state index contributed by atoms with van der Waals surface area (Å²) in [5.74, 6) is 1.17. The third kappa shape index (κ3) is 2.35. The van der Waals surface area contributed by atoms with Crippen molar-refractivity contribution in [3.8, 4) is 0 Å². The summed E-state index contributed by atoms with van der Waals surface area (Å²) in [5.41, 5.74) is 4.45. The molecule has 0 spiro atoms. The van der Waals surface area contributed by atoms with E-state index in [1.165, 1.54) is 11.1 Å². The van der Waals surface area contributed by atoms with Crippen molar-refractivity contribution in [1.29, 1.82) is 0 Å². The van der Waals surface area contributed by atoms with Crippen LogP contribution in [-0.4, -0.2) is 12.4 Å². The second-order valence-corrected chi connectivity index (χ2v) is 3.39. The van der Waals surface area contributed by atoms with Gasteiger partial charge in [0.15, 0.2) is 0 Å². The van der Waals surface area contributed by atoms with Gasteiger partial charge in [0.1, 0.15) is 11.6 Å². The van der Waals surface area contributed by atoms with Gasteiger partial charge in [0.25, 0.3) is 0 Å². The fourth-order valence-corrected chi connectivity index (χ4v) is 1.45. The fourth-order valence-electron chi connectivity index (χ4n) is 1.23. The normalized spacial score (nSPS) is 23.9. The summed E-state index contributed by atoms with van der Waals surface area (Å²) in [6, 6.07) is 0. The number of hydrogen-bond donors (Lipinski definition) is 2. The number of nitrogens with zero attached hydrogens (tertiary/aromatic N) is 2. The van der Waals surface area contributed by atoms with Gasteiger partial charge >= 0.3 is 0 Å². The van der Waals surface area contributed by atoms with Crippen LogP contribution in [0.25, 0.3) is 0 Å². The molecule has 16 heavy (non-hydrogen) atoms. The van der Waals surface area contributed by atoms with Crippen LogP contribution in [-0.2, 0) is 0 Å². The zero-order valence-corrected chi connectivity index (χ0v) is 9.63. The topological polar surface area (TPSA) is 48.8 Å². The third-order valence-corrected chi connectivity index (χ3v) is 2.35. The number of halogens is 2. The molecule has 82 valence electrons. The van der Waals surface area contributed by atoms with Crippen LogP contribution in [0, 0.1) is 0 Å². The van der Waals surface area contributed by atoms with E-state index in [-0.39, 0.29) is 0 Å². The monoisotopic (exact) mass is 254 g/mol. The molecule has 2 N–H and O–H groups in total. The molecule has 0 fully saturated rings. The highest BCUT2D eigenvalue weighted by atomic mass is 35.5. The predicted molar refractivity (Wildman–Crippen MR) is 67.3 cm³/mol. The van der Waals surface area contributed by atoms with Gasteiger partial charge in [-0.15, -0.1) is 0 Å². The lowest BCUT2D eigenvalue weighted by molar-refractivity contribution is 0.871. The van der Waals surface area contributed by atoms with Crippen molar-refractivity contribution in [2.75, 3.05) is 0 Å². The van der Waals surface area contributed by atoms with Crippen molar-refractivity contribution in [1.82, 2.24) is 10.6 Å². The molecule has 6 heteroatoms. The highest BCUT2D eigenvalue weighted by Crippen LogP contribution is 2.14. The van der Waals surface area contributed by atoms with Gasteiger partial charge in [-0.3, -0.25) is 0 Å². The number of rotatable bonds is 1. The van der Waals surface area contributed by atoms with E-state index < -0.39 is 0 Å². The summed E-state index contributed by atoms with van der Waals surface area (Å²) >= 11 is 11.2. The summed E-state index contributed by atoms with van der Waals surface area (Å²) in [5, 5.41) is 6.09. The van der Waals surface area contributed by atoms with Crippen LogP contribution in [0.1, 0.15) is 0 Å². The van der Waals surface area contributed by atoms with E-state index in [0.717, 1.165) is 11.4 Å². The molecule has 0 saturated heterocycles. The molecular formula is C10H8Cl2N4. The van der Waals surface area contributed by atoms with Crippen LogP contribution in [0.5, 0.6) is 0 Å². The van der Waals surface area contributed by atoms with Crippen molar-refractivity contribution in [3.63, 3.8) is 0 Å². The minimum atomic E-state index is 0.584. The summed E-state index contributed by atoms with van der Waals surface area (Å²) < 4.78 is 0. The second-order valence-electron chi connectivity index (χ2n) is 2.96. The van der Waals surface area contributed by atoms with Gasteiger partial charge in [-0.2, -0.15) is 0 Å². The number of allylic oxidation sites excluding steroid dienone is 2. The Kier molecular flexibility index (Phi) is 3.44. The Balaban J connectivity index is 2.21. The molecule has 2 rings (SSSR count). The van der Waals surface area contributed by atoms with Gasteiger partial charge in [-0.05, 0) is 12.2 Å². The minimum Gasteiger partial charge on any atom is -0.338 e. The first-order chi connectivity index (χ1) is 7.83. The SMILES string of the molecule is Cl/C=C1\N=CC=C(C2=CC=N/C(=C\Cl)N2)N1. The quantitative estimate of drug-likeness (QED) is 0.754. The lowest BCUT2D eigenvalue weighted by atomic mass is 10.2. The Morgan fingerprint density at radius 2 is 1.31 bits per heavy atom. The molecule has 0 aromatic heterocycles. The first-order valence-electron chi connectivity index (χ1n) is 4.47. The van der Waals surface area contributed by atoms with Crippen molar-refractivity contribution >= 4 is 35.6 Å². The molecular weight excluding hydrogens is 247 g/mol. The van der Waals surface area contributed by atoms with Crippen LogP contribution in [0.15, 0.2) is 56.2 Å². The zero-order chi connectivity index (χ0) is 11.4. The van der Waals surface area contributed by atoms with Crippen molar-refractivity contribution in [2.45, 2.75) is 0 Å². The first kappa shape index (κ1) is 11.0. The maximum Gasteiger partial charge on any atom is 0.141 e. The largest absolute Gasteiger partial charge is 0.338 e. The summed E-state index contributed by atoms with van der Waals surface area (Å²) in [6.07, 6.45) is 6.98. The standard InChI is InChI=1S/C10H8Cl2N4/c11-5-9-13-3-1-7(15-9)8-2-4-14-10(6-12)16-8/h1-6,15-16H/b9-5+,10-6+. The summed E-state index contributed by atoms with van der Waals surface area (Å²) in [4.78, 5) is 8.04. The van der Waals surface area contributed by atoms with E-state index in [2.05, 4.69) is 20.6 Å². The Bertz CT molecular complexity index is 425. The molecule has 2 aliphatic rings. The van der Waals surface area contributed by atoms with Crippen LogP contribution >= 0.6 is 23.2 Å².